The fourth-order valence-electron chi connectivity index (χ4n) is 1.86. The summed E-state index contributed by atoms with van der Waals surface area (Å²) in [6.45, 7) is 4.97. The van der Waals surface area contributed by atoms with Crippen molar-refractivity contribution in [1.82, 2.24) is 10.2 Å². The number of nitrogens with one attached hydrogen (secondary N) is 1. The van der Waals surface area contributed by atoms with Crippen molar-refractivity contribution in [2.24, 2.45) is 5.73 Å². The van der Waals surface area contributed by atoms with Crippen LogP contribution in [0.15, 0.2) is 0 Å². The Morgan fingerprint density at radius 2 is 2.17 bits per heavy atom. The smallest absolute Gasteiger partial charge is 0.244 e. The zero-order valence-electron chi connectivity index (χ0n) is 11.4. The molecule has 0 saturated carbocycles. The molecule has 1 aliphatic rings. The van der Waals surface area contributed by atoms with E-state index >= 15 is 0 Å². The van der Waals surface area contributed by atoms with Crippen molar-refractivity contribution in [1.29, 1.82) is 0 Å². The van der Waals surface area contributed by atoms with Crippen LogP contribution >= 0.6 is 0 Å². The second-order valence-corrected chi connectivity index (χ2v) is 5.28. The number of hydrogen-bond acceptors (Lipinski definition) is 4. The van der Waals surface area contributed by atoms with Crippen molar-refractivity contribution in [3.05, 3.63) is 0 Å². The van der Waals surface area contributed by atoms with Crippen LogP contribution in [0.5, 0.6) is 0 Å². The number of morpholine rings is 1. The summed E-state index contributed by atoms with van der Waals surface area (Å²) in [6.07, 6.45) is 0.959. The summed E-state index contributed by atoms with van der Waals surface area (Å²) in [5.41, 5.74) is 5.49. The molecule has 1 saturated heterocycles. The lowest BCUT2D eigenvalue weighted by atomic mass is 9.99. The van der Waals surface area contributed by atoms with Gasteiger partial charge in [-0.15, -0.1) is 0 Å². The molecule has 2 amide bonds. The van der Waals surface area contributed by atoms with Gasteiger partial charge in [-0.2, -0.15) is 0 Å². The number of ether oxygens (including phenoxy) is 1. The summed E-state index contributed by atoms with van der Waals surface area (Å²) in [4.78, 5) is 25.4. The first-order chi connectivity index (χ1) is 8.35. The molecule has 6 heteroatoms. The van der Waals surface area contributed by atoms with Crippen LogP contribution in [0.25, 0.3) is 0 Å². The van der Waals surface area contributed by atoms with E-state index in [1.807, 2.05) is 13.8 Å². The fraction of sp³-hybridized carbons (Fsp3) is 0.833. The number of amides is 2. The summed E-state index contributed by atoms with van der Waals surface area (Å²) in [7, 11) is 1.56. The second kappa shape index (κ2) is 6.15. The third-order valence-electron chi connectivity index (χ3n) is 2.98. The van der Waals surface area contributed by atoms with Crippen LogP contribution in [0.3, 0.4) is 0 Å². The number of carbonyl (C=O) groups is 2. The van der Waals surface area contributed by atoms with E-state index in [4.69, 9.17) is 10.5 Å². The third kappa shape index (κ3) is 4.27. The summed E-state index contributed by atoms with van der Waals surface area (Å²) in [5.74, 6) is -0.222. The first-order valence-corrected chi connectivity index (χ1v) is 6.23. The van der Waals surface area contributed by atoms with E-state index in [9.17, 15) is 9.59 Å². The highest BCUT2D eigenvalue weighted by Crippen LogP contribution is 2.13. The number of likely N-dealkylation sites (N-methyl/N-ethyl adjacent to an activating group) is 1. The minimum Gasteiger partial charge on any atom is -0.377 e. The molecule has 1 rings (SSSR count). The number of nitrogens with zero attached hydrogens (tertiary/aromatic N) is 1. The zero-order valence-corrected chi connectivity index (χ0v) is 11.4. The Morgan fingerprint density at radius 3 is 2.72 bits per heavy atom. The molecule has 0 aromatic heterocycles. The molecule has 104 valence electrons. The van der Waals surface area contributed by atoms with Crippen LogP contribution in [-0.2, 0) is 14.3 Å². The van der Waals surface area contributed by atoms with Gasteiger partial charge < -0.3 is 20.7 Å². The molecule has 3 N–H and O–H groups in total. The summed E-state index contributed by atoms with van der Waals surface area (Å²) < 4.78 is 5.25. The van der Waals surface area contributed by atoms with Crippen molar-refractivity contribution in [2.45, 2.75) is 38.3 Å². The van der Waals surface area contributed by atoms with E-state index in [1.54, 1.807) is 11.9 Å². The molecule has 1 heterocycles. The van der Waals surface area contributed by atoms with Gasteiger partial charge in [0.05, 0.1) is 13.2 Å². The first-order valence-electron chi connectivity index (χ1n) is 6.23. The van der Waals surface area contributed by atoms with Crippen molar-refractivity contribution < 1.29 is 14.3 Å². The van der Waals surface area contributed by atoms with Crippen molar-refractivity contribution in [2.75, 3.05) is 26.8 Å². The quantitative estimate of drug-likeness (QED) is 0.709. The minimum atomic E-state index is -0.517. The Hall–Kier alpha value is -1.14. The molecule has 0 aromatic carbocycles. The standard InChI is InChI=1S/C12H23N3O3/c1-12(2,13)5-4-10(16)15-6-7-18-8-9(15)11(17)14-3/h9H,4-8,13H2,1-3H3,(H,14,17). The van der Waals surface area contributed by atoms with Crippen LogP contribution < -0.4 is 11.1 Å². The largest absolute Gasteiger partial charge is 0.377 e. The molecule has 0 radical (unpaired) electrons. The van der Waals surface area contributed by atoms with Gasteiger partial charge >= 0.3 is 0 Å². The second-order valence-electron chi connectivity index (χ2n) is 5.28. The van der Waals surface area contributed by atoms with Gasteiger partial charge in [0.2, 0.25) is 11.8 Å². The Balaban J connectivity index is 2.60. The predicted molar refractivity (Wildman–Crippen MR) is 67.9 cm³/mol. The van der Waals surface area contributed by atoms with Gasteiger partial charge in [0.1, 0.15) is 6.04 Å². The van der Waals surface area contributed by atoms with Crippen LogP contribution in [0, 0.1) is 0 Å². The van der Waals surface area contributed by atoms with Crippen LogP contribution in [0.4, 0.5) is 0 Å². The summed E-state index contributed by atoms with van der Waals surface area (Å²) in [5, 5.41) is 2.55. The van der Waals surface area contributed by atoms with E-state index in [0.717, 1.165) is 0 Å². The van der Waals surface area contributed by atoms with Gasteiger partial charge in [0.25, 0.3) is 0 Å². The van der Waals surface area contributed by atoms with E-state index < -0.39 is 6.04 Å². The Kier molecular flexibility index (Phi) is 5.10. The van der Waals surface area contributed by atoms with Gasteiger partial charge in [-0.1, -0.05) is 0 Å². The minimum absolute atomic E-state index is 0.0366. The predicted octanol–water partition coefficient (Wildman–Crippen LogP) is -0.523. The van der Waals surface area contributed by atoms with Gasteiger partial charge in [0, 0.05) is 25.6 Å². The molecule has 1 aliphatic heterocycles. The lowest BCUT2D eigenvalue weighted by Gasteiger charge is -2.34. The number of rotatable bonds is 4. The highest BCUT2D eigenvalue weighted by Gasteiger charge is 2.32. The van der Waals surface area contributed by atoms with Gasteiger partial charge in [-0.3, -0.25) is 9.59 Å². The zero-order chi connectivity index (χ0) is 13.8. The van der Waals surface area contributed by atoms with Gasteiger partial charge in [0.15, 0.2) is 0 Å². The van der Waals surface area contributed by atoms with Crippen LogP contribution in [-0.4, -0.2) is 55.1 Å². The molecule has 6 nitrogen and oxygen atoms in total. The molecule has 0 spiro atoms. The van der Waals surface area contributed by atoms with E-state index in [0.29, 0.717) is 26.0 Å². The maximum atomic E-state index is 12.1. The lowest BCUT2D eigenvalue weighted by molar-refractivity contribution is -0.148. The molecular formula is C12H23N3O3. The summed E-state index contributed by atoms with van der Waals surface area (Å²) in [6, 6.07) is -0.517. The van der Waals surface area contributed by atoms with E-state index in [-0.39, 0.29) is 24.0 Å². The third-order valence-corrected chi connectivity index (χ3v) is 2.98. The van der Waals surface area contributed by atoms with Crippen LogP contribution in [0.1, 0.15) is 26.7 Å². The van der Waals surface area contributed by atoms with Crippen molar-refractivity contribution in [3.8, 4) is 0 Å². The highest BCUT2D eigenvalue weighted by molar-refractivity contribution is 5.87. The topological polar surface area (TPSA) is 84.7 Å². The fourth-order valence-corrected chi connectivity index (χ4v) is 1.86. The Morgan fingerprint density at radius 1 is 1.50 bits per heavy atom. The number of nitrogens with two attached hydrogens (primary N) is 1. The molecule has 1 atom stereocenters. The Bertz CT molecular complexity index is 312. The van der Waals surface area contributed by atoms with Crippen LogP contribution in [0.2, 0.25) is 0 Å². The Labute approximate surface area is 108 Å². The van der Waals surface area contributed by atoms with Gasteiger partial charge in [-0.05, 0) is 20.3 Å². The molecular weight excluding hydrogens is 234 g/mol. The van der Waals surface area contributed by atoms with Gasteiger partial charge in [-0.25, -0.2) is 0 Å². The first kappa shape index (κ1) is 14.9. The highest BCUT2D eigenvalue weighted by atomic mass is 16.5. The summed E-state index contributed by atoms with van der Waals surface area (Å²) >= 11 is 0. The number of hydrogen-bond donors (Lipinski definition) is 2. The normalized spacial score (nSPS) is 20.7. The molecule has 0 bridgehead atoms. The number of carbonyl (C=O) groups excluding carboxylic acids is 2. The molecule has 18 heavy (non-hydrogen) atoms. The molecule has 1 unspecified atom stereocenters. The van der Waals surface area contributed by atoms with E-state index in [1.165, 1.54) is 0 Å². The average molecular weight is 257 g/mol. The molecule has 0 aromatic rings. The lowest BCUT2D eigenvalue weighted by Crippen LogP contribution is -2.55. The van der Waals surface area contributed by atoms with Crippen molar-refractivity contribution >= 4 is 11.8 Å². The van der Waals surface area contributed by atoms with Crippen molar-refractivity contribution in [3.63, 3.8) is 0 Å². The molecule has 1 fully saturated rings. The maximum Gasteiger partial charge on any atom is 0.244 e. The monoisotopic (exact) mass is 257 g/mol. The maximum absolute atomic E-state index is 12.1. The SMILES string of the molecule is CNC(=O)C1COCCN1C(=O)CCC(C)(C)N. The van der Waals surface area contributed by atoms with E-state index in [2.05, 4.69) is 5.32 Å². The average Bonchev–Trinajstić information content (AvgIpc) is 2.34. The molecule has 0 aliphatic carbocycles.